The van der Waals surface area contributed by atoms with E-state index in [1.165, 1.54) is 17.9 Å². The molecule has 39 heavy (non-hydrogen) atoms. The molecule has 1 saturated carbocycles. The normalized spacial score (nSPS) is 19.7. The van der Waals surface area contributed by atoms with Crippen molar-refractivity contribution in [3.05, 3.63) is 35.0 Å². The Morgan fingerprint density at radius 1 is 1.36 bits per heavy atom. The van der Waals surface area contributed by atoms with Crippen LogP contribution in [0, 0.1) is 23.2 Å². The number of ether oxygens (including phenoxy) is 1. The quantitative estimate of drug-likeness (QED) is 0.486. The minimum Gasteiger partial charge on any atom is -0.496 e. The molecule has 3 rings (SSSR count). The van der Waals surface area contributed by atoms with E-state index in [9.17, 15) is 28.3 Å². The average molecular weight is 571 g/mol. The maximum Gasteiger partial charge on any atom is 0.391 e. The maximum absolute atomic E-state index is 13.0. The SMILES string of the molecule is CCn1nc(C(=O)NCC2(O)CCC(C)CC2)c(C#N)c1-c1ccc(CC(C)C(F)(F)F)cc1OC.O=S=O. The van der Waals surface area contributed by atoms with E-state index in [4.69, 9.17) is 13.2 Å². The zero-order valence-corrected chi connectivity index (χ0v) is 23.1. The van der Waals surface area contributed by atoms with Gasteiger partial charge >= 0.3 is 17.7 Å². The number of nitrogens with one attached hydrogen (secondary N) is 1. The molecule has 214 valence electrons. The number of carbonyl (C=O) groups is 1. The van der Waals surface area contributed by atoms with Crippen LogP contribution in [0.1, 0.15) is 68.1 Å². The third-order valence-corrected chi connectivity index (χ3v) is 6.98. The van der Waals surface area contributed by atoms with Gasteiger partial charge in [0.15, 0.2) is 5.69 Å². The van der Waals surface area contributed by atoms with Gasteiger partial charge in [-0.1, -0.05) is 19.9 Å². The van der Waals surface area contributed by atoms with Crippen LogP contribution in [0.4, 0.5) is 13.2 Å². The monoisotopic (exact) mass is 570 g/mol. The minimum atomic E-state index is -4.31. The molecule has 1 aliphatic rings. The molecule has 1 unspecified atom stereocenters. The van der Waals surface area contributed by atoms with Crippen LogP contribution < -0.4 is 10.1 Å². The highest BCUT2D eigenvalue weighted by atomic mass is 32.1. The molecule has 0 radical (unpaired) electrons. The second-order valence-corrected chi connectivity index (χ2v) is 9.97. The van der Waals surface area contributed by atoms with Crippen molar-refractivity contribution in [2.75, 3.05) is 13.7 Å². The molecule has 1 aromatic carbocycles. The summed E-state index contributed by atoms with van der Waals surface area (Å²) in [5, 5.41) is 27.8. The van der Waals surface area contributed by atoms with E-state index in [-0.39, 0.29) is 30.0 Å². The maximum atomic E-state index is 13.0. The predicted molar refractivity (Wildman–Crippen MR) is 137 cm³/mol. The highest BCUT2D eigenvalue weighted by molar-refractivity contribution is 7.51. The average Bonchev–Trinajstić information content (AvgIpc) is 3.27. The summed E-state index contributed by atoms with van der Waals surface area (Å²) in [6, 6.07) is 6.73. The molecule has 1 aliphatic carbocycles. The fourth-order valence-electron chi connectivity index (χ4n) is 4.56. The molecule has 13 heteroatoms. The van der Waals surface area contributed by atoms with Crippen molar-refractivity contribution in [2.24, 2.45) is 11.8 Å². The molecule has 1 aromatic heterocycles. The van der Waals surface area contributed by atoms with Gasteiger partial charge in [-0.15, -0.1) is 0 Å². The van der Waals surface area contributed by atoms with E-state index in [1.54, 1.807) is 19.1 Å². The summed E-state index contributed by atoms with van der Waals surface area (Å²) in [6.07, 6.45) is -1.60. The molecule has 2 aromatic rings. The minimum absolute atomic E-state index is 0.0355. The fraction of sp³-hybridized carbons (Fsp3) is 0.577. The van der Waals surface area contributed by atoms with Gasteiger partial charge in [-0.05, 0) is 62.6 Å². The Labute approximate surface area is 228 Å². The van der Waals surface area contributed by atoms with E-state index >= 15 is 0 Å². The second-order valence-electron chi connectivity index (χ2n) is 9.84. The Bertz CT molecular complexity index is 1230. The van der Waals surface area contributed by atoms with Gasteiger partial charge in [-0.25, -0.2) is 0 Å². The van der Waals surface area contributed by atoms with Gasteiger partial charge < -0.3 is 15.2 Å². The molecule has 1 heterocycles. The number of nitrogens with zero attached hydrogens (tertiary/aromatic N) is 3. The predicted octanol–water partition coefficient (Wildman–Crippen LogP) is 4.19. The van der Waals surface area contributed by atoms with E-state index < -0.39 is 35.2 Å². The zero-order chi connectivity index (χ0) is 29.4. The molecule has 0 bridgehead atoms. The van der Waals surface area contributed by atoms with Gasteiger partial charge in [0, 0.05) is 18.7 Å². The molecule has 0 aliphatic heterocycles. The van der Waals surface area contributed by atoms with Crippen LogP contribution >= 0.6 is 0 Å². The van der Waals surface area contributed by atoms with Crippen LogP contribution in [0.15, 0.2) is 18.2 Å². The van der Waals surface area contributed by atoms with Gasteiger partial charge in [-0.2, -0.15) is 31.9 Å². The summed E-state index contributed by atoms with van der Waals surface area (Å²) in [6.45, 7) is 5.46. The van der Waals surface area contributed by atoms with Crippen molar-refractivity contribution in [1.82, 2.24) is 15.1 Å². The van der Waals surface area contributed by atoms with Gasteiger partial charge in [0.25, 0.3) is 5.91 Å². The third-order valence-electron chi connectivity index (χ3n) is 6.98. The molecule has 1 fully saturated rings. The molecule has 0 saturated heterocycles. The molecule has 1 atom stereocenters. The summed E-state index contributed by atoms with van der Waals surface area (Å²) in [5.41, 5.74) is 0.215. The molecule has 2 N–H and O–H groups in total. The van der Waals surface area contributed by atoms with E-state index in [0.717, 1.165) is 19.8 Å². The number of methoxy groups -OCH3 is 1. The number of aryl methyl sites for hydroxylation is 1. The number of rotatable bonds is 8. The van der Waals surface area contributed by atoms with Crippen molar-refractivity contribution >= 4 is 17.5 Å². The molecule has 9 nitrogen and oxygen atoms in total. The van der Waals surface area contributed by atoms with Crippen LogP contribution in [0.25, 0.3) is 11.3 Å². The first-order valence-electron chi connectivity index (χ1n) is 12.5. The van der Waals surface area contributed by atoms with Gasteiger partial charge in [0.2, 0.25) is 0 Å². The number of hydrogen-bond acceptors (Lipinski definition) is 7. The molecule has 1 amide bonds. The Kier molecular flexibility index (Phi) is 11.2. The number of carbonyl (C=O) groups excluding carboxylic acids is 1. The summed E-state index contributed by atoms with van der Waals surface area (Å²) in [5.74, 6) is -1.28. The lowest BCUT2D eigenvalue weighted by molar-refractivity contribution is -0.169. The van der Waals surface area contributed by atoms with Gasteiger partial charge in [0.1, 0.15) is 17.4 Å². The van der Waals surface area contributed by atoms with Crippen molar-refractivity contribution in [1.29, 1.82) is 5.26 Å². The van der Waals surface area contributed by atoms with Crippen molar-refractivity contribution in [2.45, 2.75) is 71.2 Å². The number of aliphatic hydroxyl groups is 1. The molecular formula is C26H33F3N4O5S. The Hall–Kier alpha value is -3.24. The van der Waals surface area contributed by atoms with Crippen LogP contribution in [0.3, 0.4) is 0 Å². The number of benzene rings is 1. The van der Waals surface area contributed by atoms with Crippen molar-refractivity contribution < 1.29 is 36.2 Å². The Morgan fingerprint density at radius 2 is 1.97 bits per heavy atom. The lowest BCUT2D eigenvalue weighted by Crippen LogP contribution is -2.45. The number of hydrogen-bond donors (Lipinski definition) is 2. The fourth-order valence-corrected chi connectivity index (χ4v) is 4.56. The van der Waals surface area contributed by atoms with E-state index in [2.05, 4.69) is 23.4 Å². The lowest BCUT2D eigenvalue weighted by Gasteiger charge is -2.34. The number of halogens is 3. The van der Waals surface area contributed by atoms with Gasteiger partial charge in [-0.3, -0.25) is 9.48 Å². The first-order valence-corrected chi connectivity index (χ1v) is 13.2. The number of aromatic nitrogens is 2. The lowest BCUT2D eigenvalue weighted by atomic mass is 9.79. The van der Waals surface area contributed by atoms with Crippen molar-refractivity contribution in [3.63, 3.8) is 0 Å². The summed E-state index contributed by atoms with van der Waals surface area (Å²) < 4.78 is 62.6. The standard InChI is InChI=1S/C26H33F3N4O3.O2S/c1-5-33-23(19-7-6-18(13-21(19)36-4)12-17(3)26(27,28)29)20(14-30)22(32-33)24(34)31-15-25(35)10-8-16(2)9-11-25;1-3-2/h6-7,13,16-17,35H,5,8-12,15H2,1-4H3,(H,31,34);. The van der Waals surface area contributed by atoms with E-state index in [0.29, 0.717) is 42.1 Å². The highest BCUT2D eigenvalue weighted by Crippen LogP contribution is 2.37. The Morgan fingerprint density at radius 3 is 2.49 bits per heavy atom. The van der Waals surface area contributed by atoms with Crippen LogP contribution in [0.2, 0.25) is 0 Å². The summed E-state index contributed by atoms with van der Waals surface area (Å²) in [4.78, 5) is 13.0. The number of alkyl halides is 3. The van der Waals surface area contributed by atoms with Crippen molar-refractivity contribution in [3.8, 4) is 23.1 Å². The molecular weight excluding hydrogens is 537 g/mol. The first kappa shape index (κ1) is 32.0. The summed E-state index contributed by atoms with van der Waals surface area (Å²) in [7, 11) is 1.40. The number of nitriles is 1. The highest BCUT2D eigenvalue weighted by Gasteiger charge is 2.36. The van der Waals surface area contributed by atoms with E-state index in [1.807, 2.05) is 0 Å². The first-order chi connectivity index (χ1) is 18.3. The van der Waals surface area contributed by atoms with Crippen LogP contribution in [-0.2, 0) is 24.5 Å². The topological polar surface area (TPSA) is 134 Å². The third kappa shape index (κ3) is 8.12. The second kappa shape index (κ2) is 13.7. The van der Waals surface area contributed by atoms with Gasteiger partial charge in [0.05, 0.1) is 24.3 Å². The zero-order valence-electron chi connectivity index (χ0n) is 22.3. The number of amides is 1. The summed E-state index contributed by atoms with van der Waals surface area (Å²) >= 11 is -0.750. The Balaban J connectivity index is 0.00000170. The molecule has 0 spiro atoms. The smallest absolute Gasteiger partial charge is 0.391 e. The largest absolute Gasteiger partial charge is 0.496 e. The van der Waals surface area contributed by atoms with Crippen LogP contribution in [-0.4, -0.2) is 54.6 Å². The van der Waals surface area contributed by atoms with Crippen LogP contribution in [0.5, 0.6) is 5.75 Å².